The maximum absolute atomic E-state index is 11.0. The van der Waals surface area contributed by atoms with Gasteiger partial charge in [0.1, 0.15) is 0 Å². The Hall–Kier alpha value is -0.360. The molecule has 29 heavy (non-hydrogen) atoms. The van der Waals surface area contributed by atoms with Crippen LogP contribution in [0.2, 0.25) is 0 Å². The molecule has 0 amide bonds. The molecule has 0 aliphatic heterocycles. The zero-order valence-electron chi connectivity index (χ0n) is 17.7. The van der Waals surface area contributed by atoms with E-state index in [2.05, 4.69) is 43.8 Å². The zero-order chi connectivity index (χ0) is 21.1. The Morgan fingerprint density at radius 3 is 2.83 bits per heavy atom. The van der Waals surface area contributed by atoms with E-state index in [4.69, 9.17) is 20.0 Å². The van der Waals surface area contributed by atoms with E-state index in [1.165, 1.54) is 47.5 Å². The van der Waals surface area contributed by atoms with Crippen LogP contribution >= 0.6 is 19.6 Å². The third kappa shape index (κ3) is 7.09. The molecule has 0 unspecified atom stereocenters. The van der Waals surface area contributed by atoms with E-state index in [9.17, 15) is 4.57 Å². The molecule has 4 N–H and O–H groups in total. The van der Waals surface area contributed by atoms with Crippen LogP contribution in [0.5, 0.6) is 0 Å². The first-order valence-electron chi connectivity index (χ1n) is 10.8. The number of nitrogens with two attached hydrogens (primary N) is 1. The Labute approximate surface area is 179 Å². The Morgan fingerprint density at radius 2 is 2.10 bits per heavy atom. The molecule has 7 heteroatoms. The van der Waals surface area contributed by atoms with Crippen LogP contribution in [0.4, 0.5) is 0 Å². The summed E-state index contributed by atoms with van der Waals surface area (Å²) in [6, 6.07) is 6.91. The maximum atomic E-state index is 11.0. The summed E-state index contributed by atoms with van der Waals surface area (Å²) in [6.45, 7) is 4.48. The predicted molar refractivity (Wildman–Crippen MR) is 120 cm³/mol. The van der Waals surface area contributed by atoms with Crippen molar-refractivity contribution in [1.29, 1.82) is 0 Å². The molecule has 0 saturated heterocycles. The molecule has 0 radical (unpaired) electrons. The summed E-state index contributed by atoms with van der Waals surface area (Å²) in [5, 5.41) is 0. The molecule has 1 aromatic carbocycles. The number of aryl methyl sites for hydroxylation is 1. The molecular weight excluding hydrogens is 405 g/mol. The third-order valence-corrected chi connectivity index (χ3v) is 8.21. The van der Waals surface area contributed by atoms with Gasteiger partial charge in [-0.05, 0) is 90.9 Å². The van der Waals surface area contributed by atoms with Crippen LogP contribution in [0, 0.1) is 11.8 Å². The topological polar surface area (TPSA) is 92.8 Å². The van der Waals surface area contributed by atoms with Gasteiger partial charge in [-0.25, -0.2) is 4.57 Å². The minimum Gasteiger partial charge on any atom is -0.323 e. The minimum atomic E-state index is -4.47. The first-order valence-corrected chi connectivity index (χ1v) is 13.5. The fourth-order valence-corrected chi connectivity index (χ4v) is 6.27. The maximum Gasteiger partial charge on any atom is 0.469 e. The van der Waals surface area contributed by atoms with E-state index in [0.717, 1.165) is 31.1 Å². The standard InChI is InChI=1S/C22H36NO4PS/c1-16(2)14-29-10-8-17-3-4-19-12-20(6-5-18(19)11-17)21-7-9-22(23,13-21)15-27-28(24,25)26/h5-6,12,16-17,21H,3-4,7-11,13-15,23H2,1-2H3,(H2,24,25,26)/t17-,21+,22-/m1/s1. The van der Waals surface area contributed by atoms with Gasteiger partial charge in [0, 0.05) is 5.54 Å². The summed E-state index contributed by atoms with van der Waals surface area (Å²) in [5.41, 5.74) is 10.0. The first kappa shape index (κ1) is 23.3. The molecule has 164 valence electrons. The highest BCUT2D eigenvalue weighted by atomic mass is 32.2. The number of hydrogen-bond acceptors (Lipinski definition) is 4. The van der Waals surface area contributed by atoms with Gasteiger partial charge in [0.2, 0.25) is 0 Å². The van der Waals surface area contributed by atoms with Gasteiger partial charge >= 0.3 is 7.82 Å². The fourth-order valence-electron chi connectivity index (χ4n) is 4.70. The van der Waals surface area contributed by atoms with Crippen molar-refractivity contribution in [1.82, 2.24) is 0 Å². The van der Waals surface area contributed by atoms with Crippen molar-refractivity contribution in [2.45, 2.75) is 70.3 Å². The zero-order valence-corrected chi connectivity index (χ0v) is 19.4. The molecule has 1 fully saturated rings. The van der Waals surface area contributed by atoms with Gasteiger partial charge in [0.25, 0.3) is 0 Å². The molecule has 1 saturated carbocycles. The fraction of sp³-hybridized carbons (Fsp3) is 0.727. The van der Waals surface area contributed by atoms with E-state index in [1.807, 2.05) is 0 Å². The van der Waals surface area contributed by atoms with Crippen LogP contribution in [0.1, 0.15) is 68.6 Å². The van der Waals surface area contributed by atoms with Crippen molar-refractivity contribution in [3.63, 3.8) is 0 Å². The summed E-state index contributed by atoms with van der Waals surface area (Å²) in [4.78, 5) is 17.9. The van der Waals surface area contributed by atoms with Crippen LogP contribution in [0.15, 0.2) is 18.2 Å². The molecular formula is C22H36NO4PS. The Kier molecular flexibility index (Phi) is 7.91. The number of thioether (sulfide) groups is 1. The van der Waals surface area contributed by atoms with Gasteiger partial charge in [0.05, 0.1) is 6.61 Å². The number of phosphoric acid groups is 1. The van der Waals surface area contributed by atoms with Gasteiger partial charge in [-0.15, -0.1) is 0 Å². The van der Waals surface area contributed by atoms with Crippen molar-refractivity contribution in [3.8, 4) is 0 Å². The number of benzene rings is 1. The van der Waals surface area contributed by atoms with E-state index >= 15 is 0 Å². The number of rotatable bonds is 9. The van der Waals surface area contributed by atoms with Gasteiger partial charge in [-0.1, -0.05) is 32.0 Å². The third-order valence-electron chi connectivity index (χ3n) is 6.32. The van der Waals surface area contributed by atoms with Crippen molar-refractivity contribution < 1.29 is 18.9 Å². The lowest BCUT2D eigenvalue weighted by Gasteiger charge is -2.27. The molecule has 3 rings (SSSR count). The second-order valence-electron chi connectivity index (χ2n) is 9.46. The van der Waals surface area contributed by atoms with Crippen molar-refractivity contribution in [3.05, 3.63) is 34.9 Å². The molecule has 0 heterocycles. The monoisotopic (exact) mass is 441 g/mol. The van der Waals surface area contributed by atoms with E-state index in [1.54, 1.807) is 0 Å². The molecule has 5 nitrogen and oxygen atoms in total. The second kappa shape index (κ2) is 9.84. The SMILES string of the molecule is CC(C)CSCC[C@H]1CCc2cc([C@H]3CC[C@](N)(COP(=O)(O)O)C3)ccc2C1. The largest absolute Gasteiger partial charge is 0.469 e. The van der Waals surface area contributed by atoms with Crippen LogP contribution < -0.4 is 5.73 Å². The Bertz CT molecular complexity index is 738. The minimum absolute atomic E-state index is 0.0881. The molecule has 3 atom stereocenters. The first-order chi connectivity index (χ1) is 13.6. The smallest absolute Gasteiger partial charge is 0.323 e. The van der Waals surface area contributed by atoms with Gasteiger partial charge in [0.15, 0.2) is 0 Å². The number of phosphoric ester groups is 1. The average Bonchev–Trinajstić information content (AvgIpc) is 3.05. The molecule has 0 bridgehead atoms. The van der Waals surface area contributed by atoms with Crippen molar-refractivity contribution in [2.24, 2.45) is 17.6 Å². The number of hydrogen-bond donors (Lipinski definition) is 3. The van der Waals surface area contributed by atoms with E-state index in [0.29, 0.717) is 12.3 Å². The highest BCUT2D eigenvalue weighted by molar-refractivity contribution is 7.99. The molecule has 2 aliphatic rings. The normalized spacial score (nSPS) is 27.4. The Morgan fingerprint density at radius 1 is 1.31 bits per heavy atom. The number of fused-ring (bicyclic) bond motifs is 1. The van der Waals surface area contributed by atoms with Crippen molar-refractivity contribution >= 4 is 19.6 Å². The molecule has 1 aromatic rings. The van der Waals surface area contributed by atoms with Crippen LogP contribution in [-0.4, -0.2) is 33.4 Å². The van der Waals surface area contributed by atoms with Crippen LogP contribution in [0.3, 0.4) is 0 Å². The summed E-state index contributed by atoms with van der Waals surface area (Å²) in [7, 11) is -4.47. The quantitative estimate of drug-likeness (QED) is 0.382. The summed E-state index contributed by atoms with van der Waals surface area (Å²) in [5.74, 6) is 4.46. The average molecular weight is 442 g/mol. The van der Waals surface area contributed by atoms with E-state index in [-0.39, 0.29) is 6.61 Å². The van der Waals surface area contributed by atoms with Crippen LogP contribution in [0.25, 0.3) is 0 Å². The molecule has 0 aromatic heterocycles. The highest BCUT2D eigenvalue weighted by Gasteiger charge is 2.38. The van der Waals surface area contributed by atoms with Gasteiger partial charge < -0.3 is 15.5 Å². The van der Waals surface area contributed by atoms with Gasteiger partial charge in [-0.3, -0.25) is 4.52 Å². The van der Waals surface area contributed by atoms with Crippen LogP contribution in [-0.2, 0) is 21.9 Å². The summed E-state index contributed by atoms with van der Waals surface area (Å²) >= 11 is 2.09. The lowest BCUT2D eigenvalue weighted by Crippen LogP contribution is -2.41. The second-order valence-corrected chi connectivity index (χ2v) is 11.8. The van der Waals surface area contributed by atoms with Gasteiger partial charge in [-0.2, -0.15) is 11.8 Å². The highest BCUT2D eigenvalue weighted by Crippen LogP contribution is 2.44. The lowest BCUT2D eigenvalue weighted by atomic mass is 9.80. The summed E-state index contributed by atoms with van der Waals surface area (Å²) in [6.07, 6.45) is 7.32. The lowest BCUT2D eigenvalue weighted by molar-refractivity contribution is 0.153. The summed E-state index contributed by atoms with van der Waals surface area (Å²) < 4.78 is 15.7. The van der Waals surface area contributed by atoms with E-state index < -0.39 is 13.4 Å². The Balaban J connectivity index is 1.53. The predicted octanol–water partition coefficient (Wildman–Crippen LogP) is 4.65. The van der Waals surface area contributed by atoms with Crippen molar-refractivity contribution in [2.75, 3.05) is 18.1 Å². The molecule has 2 aliphatic carbocycles. The molecule has 0 spiro atoms.